The second kappa shape index (κ2) is 6.58. The van der Waals surface area contributed by atoms with E-state index in [1.54, 1.807) is 5.38 Å². The summed E-state index contributed by atoms with van der Waals surface area (Å²) in [5.41, 5.74) is 5.98. The van der Waals surface area contributed by atoms with Gasteiger partial charge < -0.3 is 16.2 Å². The first kappa shape index (κ1) is 14.6. The van der Waals surface area contributed by atoms with E-state index in [1.807, 2.05) is 11.8 Å². The fourth-order valence-corrected chi connectivity index (χ4v) is 4.29. The van der Waals surface area contributed by atoms with Crippen LogP contribution in [0, 0.1) is 0 Å². The van der Waals surface area contributed by atoms with Gasteiger partial charge in [-0.05, 0) is 18.6 Å². The molecule has 2 rings (SSSR count). The van der Waals surface area contributed by atoms with Gasteiger partial charge in [0, 0.05) is 16.7 Å². The molecule has 4 N–H and O–H groups in total. The summed E-state index contributed by atoms with van der Waals surface area (Å²) >= 11 is 3.41. The van der Waals surface area contributed by atoms with Crippen LogP contribution in [0.4, 0.5) is 5.13 Å². The highest BCUT2D eigenvalue weighted by molar-refractivity contribution is 7.99. The van der Waals surface area contributed by atoms with Crippen LogP contribution in [0.2, 0.25) is 0 Å². The maximum absolute atomic E-state index is 10.8. The topological polar surface area (TPSA) is 88.2 Å². The molecule has 0 spiro atoms. The Hall–Kier alpha value is -0.790. The monoisotopic (exact) mass is 301 g/mol. The van der Waals surface area contributed by atoms with Crippen molar-refractivity contribution in [3.8, 4) is 0 Å². The summed E-state index contributed by atoms with van der Waals surface area (Å²) < 4.78 is 0. The van der Waals surface area contributed by atoms with Crippen LogP contribution in [0.1, 0.15) is 37.9 Å². The van der Waals surface area contributed by atoms with Gasteiger partial charge in [0.15, 0.2) is 5.13 Å². The molecule has 7 heteroatoms. The molecule has 1 saturated carbocycles. The summed E-state index contributed by atoms with van der Waals surface area (Å²) in [4.78, 5) is 15.1. The van der Waals surface area contributed by atoms with Crippen LogP contribution in [0.15, 0.2) is 5.38 Å². The van der Waals surface area contributed by atoms with Gasteiger partial charge in [-0.2, -0.15) is 11.8 Å². The molecular weight excluding hydrogens is 282 g/mol. The number of aromatic nitrogens is 1. The van der Waals surface area contributed by atoms with Crippen LogP contribution in [-0.2, 0) is 4.79 Å². The zero-order chi connectivity index (χ0) is 13.8. The first-order valence-corrected chi connectivity index (χ1v) is 8.36. The normalized spacial score (nSPS) is 24.3. The molecule has 1 heterocycles. The molecule has 3 unspecified atom stereocenters. The third-order valence-corrected chi connectivity index (χ3v) is 5.37. The van der Waals surface area contributed by atoms with E-state index < -0.39 is 12.0 Å². The third kappa shape index (κ3) is 3.61. The Bertz CT molecular complexity index is 438. The molecule has 0 aromatic carbocycles. The number of aliphatic carboxylic acids is 1. The third-order valence-electron chi connectivity index (χ3n) is 3.25. The summed E-state index contributed by atoms with van der Waals surface area (Å²) in [7, 11) is 0. The fraction of sp³-hybridized carbons (Fsp3) is 0.667. The molecular formula is C12H19N3O2S2. The molecule has 1 fully saturated rings. The lowest BCUT2D eigenvalue weighted by Gasteiger charge is -2.19. The minimum Gasteiger partial charge on any atom is -0.480 e. The number of carboxylic acids is 1. The van der Waals surface area contributed by atoms with Crippen LogP contribution in [0.3, 0.4) is 0 Å². The average molecular weight is 301 g/mol. The van der Waals surface area contributed by atoms with E-state index in [2.05, 4.69) is 17.2 Å². The van der Waals surface area contributed by atoms with Crippen LogP contribution >= 0.6 is 23.1 Å². The van der Waals surface area contributed by atoms with Crippen molar-refractivity contribution in [2.24, 2.45) is 5.73 Å². The molecule has 5 nitrogen and oxygen atoms in total. The van der Waals surface area contributed by atoms with E-state index in [9.17, 15) is 4.79 Å². The van der Waals surface area contributed by atoms with Crippen molar-refractivity contribution >= 4 is 34.2 Å². The van der Waals surface area contributed by atoms with E-state index in [-0.39, 0.29) is 0 Å². The van der Waals surface area contributed by atoms with Gasteiger partial charge in [-0.1, -0.05) is 13.3 Å². The Kier molecular flexibility index (Phi) is 5.06. The minimum atomic E-state index is -1.04. The van der Waals surface area contributed by atoms with Crippen LogP contribution < -0.4 is 11.1 Å². The fourth-order valence-electron chi connectivity index (χ4n) is 2.29. The van der Waals surface area contributed by atoms with Gasteiger partial charge in [0.1, 0.15) is 6.04 Å². The zero-order valence-electron chi connectivity index (χ0n) is 10.8. The highest BCUT2D eigenvalue weighted by Crippen LogP contribution is 2.33. The van der Waals surface area contributed by atoms with Crippen molar-refractivity contribution in [2.45, 2.75) is 43.5 Å². The van der Waals surface area contributed by atoms with E-state index in [1.165, 1.54) is 24.2 Å². The summed E-state index contributed by atoms with van der Waals surface area (Å²) in [5.74, 6) is 0.0766. The minimum absolute atomic E-state index is 0.428. The highest BCUT2D eigenvalue weighted by Gasteiger charge is 2.28. The molecule has 1 aromatic rings. The number of nitrogens with zero attached hydrogens (tertiary/aromatic N) is 1. The van der Waals surface area contributed by atoms with E-state index in [0.717, 1.165) is 17.3 Å². The van der Waals surface area contributed by atoms with Gasteiger partial charge >= 0.3 is 5.97 Å². The number of thiazole rings is 1. The van der Waals surface area contributed by atoms with Gasteiger partial charge in [0.2, 0.25) is 0 Å². The summed E-state index contributed by atoms with van der Waals surface area (Å²) in [6.45, 7) is 2.17. The molecule has 0 aliphatic heterocycles. The van der Waals surface area contributed by atoms with Crippen molar-refractivity contribution < 1.29 is 9.90 Å². The molecule has 0 saturated heterocycles. The first-order valence-electron chi connectivity index (χ1n) is 6.43. The Morgan fingerprint density at radius 3 is 3.21 bits per heavy atom. The van der Waals surface area contributed by atoms with Gasteiger partial charge in [-0.3, -0.25) is 4.79 Å². The van der Waals surface area contributed by atoms with Crippen LogP contribution in [-0.4, -0.2) is 33.1 Å². The number of thioether (sulfide) groups is 1. The van der Waals surface area contributed by atoms with Gasteiger partial charge in [0.25, 0.3) is 0 Å². The van der Waals surface area contributed by atoms with Crippen molar-refractivity contribution in [3.63, 3.8) is 0 Å². The molecule has 106 valence electrons. The second-order valence-corrected chi connectivity index (χ2v) is 6.94. The Morgan fingerprint density at radius 1 is 1.74 bits per heavy atom. The van der Waals surface area contributed by atoms with E-state index in [0.29, 0.717) is 17.0 Å². The number of nitrogens with two attached hydrogens (primary N) is 1. The Labute approximate surface area is 121 Å². The number of carboxylic acid groups (broad SMARTS) is 1. The molecule has 1 aromatic heterocycles. The summed E-state index contributed by atoms with van der Waals surface area (Å²) in [6, 6.07) is -0.596. The SMILES string of the molecule is CCSC1CCCC1Nc1nc(C(N)C(=O)O)cs1. The molecule has 3 atom stereocenters. The smallest absolute Gasteiger partial charge is 0.326 e. The predicted molar refractivity (Wildman–Crippen MR) is 79.9 cm³/mol. The highest BCUT2D eigenvalue weighted by atomic mass is 32.2. The molecule has 0 bridgehead atoms. The molecule has 19 heavy (non-hydrogen) atoms. The molecule has 1 aliphatic rings. The van der Waals surface area contributed by atoms with Crippen molar-refractivity contribution in [1.29, 1.82) is 0 Å². The molecule has 0 radical (unpaired) electrons. The Morgan fingerprint density at radius 2 is 2.53 bits per heavy atom. The standard InChI is InChI=1S/C12H19N3O2S2/c1-2-18-9-5-3-4-7(9)14-12-15-8(6-19-12)10(13)11(16)17/h6-7,9-10H,2-5,13H2,1H3,(H,14,15)(H,16,17). The number of anilines is 1. The number of hydrogen-bond donors (Lipinski definition) is 3. The number of nitrogens with one attached hydrogen (secondary N) is 1. The van der Waals surface area contributed by atoms with Crippen molar-refractivity contribution in [2.75, 3.05) is 11.1 Å². The van der Waals surface area contributed by atoms with Gasteiger partial charge in [-0.15, -0.1) is 11.3 Å². The van der Waals surface area contributed by atoms with Crippen LogP contribution in [0.25, 0.3) is 0 Å². The average Bonchev–Trinajstić information content (AvgIpc) is 3.00. The molecule has 0 amide bonds. The number of hydrogen-bond acceptors (Lipinski definition) is 6. The predicted octanol–water partition coefficient (Wildman–Crippen LogP) is 2.31. The lowest BCUT2D eigenvalue weighted by atomic mass is 10.2. The van der Waals surface area contributed by atoms with Gasteiger partial charge in [-0.25, -0.2) is 4.98 Å². The summed E-state index contributed by atoms with van der Waals surface area (Å²) in [5, 5.41) is 15.4. The van der Waals surface area contributed by atoms with Gasteiger partial charge in [0.05, 0.1) is 5.69 Å². The van der Waals surface area contributed by atoms with Crippen molar-refractivity contribution in [1.82, 2.24) is 4.98 Å². The van der Waals surface area contributed by atoms with Crippen LogP contribution in [0.5, 0.6) is 0 Å². The quantitative estimate of drug-likeness (QED) is 0.747. The van der Waals surface area contributed by atoms with E-state index >= 15 is 0 Å². The van der Waals surface area contributed by atoms with Crippen molar-refractivity contribution in [3.05, 3.63) is 11.1 Å². The maximum Gasteiger partial charge on any atom is 0.326 e. The number of rotatable bonds is 6. The second-order valence-electron chi connectivity index (χ2n) is 4.57. The summed E-state index contributed by atoms with van der Waals surface area (Å²) in [6.07, 6.45) is 3.63. The lowest BCUT2D eigenvalue weighted by molar-refractivity contribution is -0.138. The van der Waals surface area contributed by atoms with E-state index in [4.69, 9.17) is 10.8 Å². The maximum atomic E-state index is 10.8. The molecule has 1 aliphatic carbocycles. The Balaban J connectivity index is 1.98. The first-order chi connectivity index (χ1) is 9.11. The largest absolute Gasteiger partial charge is 0.480 e. The number of carbonyl (C=O) groups is 1. The lowest BCUT2D eigenvalue weighted by Crippen LogP contribution is -2.26. The zero-order valence-corrected chi connectivity index (χ0v) is 12.5.